The molecule has 0 aliphatic rings. The van der Waals surface area contributed by atoms with E-state index in [1.807, 2.05) is 0 Å². The molecule has 0 spiro atoms. The predicted molar refractivity (Wildman–Crippen MR) is 32.9 cm³/mol. The highest BCUT2D eigenvalue weighted by atomic mass is 79.9. The summed E-state index contributed by atoms with van der Waals surface area (Å²) in [4.78, 5) is 0. The highest BCUT2D eigenvalue weighted by molar-refractivity contribution is 9.43. The quantitative estimate of drug-likeness (QED) is 0.322. The molecule has 0 saturated carbocycles. The summed E-state index contributed by atoms with van der Waals surface area (Å²) < 4.78 is 0. The Balaban J connectivity index is 2.32. The molecular formula is H4B2BrP. The van der Waals surface area contributed by atoms with Crippen LogP contribution >= 0.6 is 21.9 Å². The van der Waals surface area contributed by atoms with Crippen LogP contribution in [0, 0.1) is 0 Å². The van der Waals surface area contributed by atoms with Crippen molar-refractivity contribution < 1.29 is 0 Å². The van der Waals surface area contributed by atoms with E-state index in [0.29, 0.717) is 0 Å². The van der Waals surface area contributed by atoms with Gasteiger partial charge in [-0.1, -0.05) is 15.5 Å². The first kappa shape index (κ1) is 5.04. The molecule has 0 aromatic heterocycles. The van der Waals surface area contributed by atoms with Gasteiger partial charge in [0.05, 0.1) is 0 Å². The average Bonchev–Trinajstić information content (AvgIpc) is 0.811. The Hall–Kier alpha value is 1.04. The number of hydrogen-bond donors (Lipinski definition) is 0. The molecule has 0 aliphatic carbocycles. The Bertz CT molecular complexity index is 10.8. The molecule has 0 radical (unpaired) electrons. The van der Waals surface area contributed by atoms with E-state index in [1.165, 1.54) is 0 Å². The molecule has 0 nitrogen and oxygen atoms in total. The van der Waals surface area contributed by atoms with Gasteiger partial charge < -0.3 is 0 Å². The minimum atomic E-state index is 0.192. The monoisotopic (exact) mass is 136 g/mol. The fourth-order valence-electron chi connectivity index (χ4n) is 0. The lowest BCUT2D eigenvalue weighted by Crippen LogP contribution is -1.45. The lowest BCUT2D eigenvalue weighted by Gasteiger charge is -1.77. The smallest absolute Gasteiger partial charge is 0.120 e. The highest BCUT2D eigenvalue weighted by Crippen LogP contribution is 2.30. The van der Waals surface area contributed by atoms with E-state index < -0.39 is 0 Å². The third-order valence-corrected chi connectivity index (χ3v) is 0. The van der Waals surface area contributed by atoms with Crippen LogP contribution in [0.3, 0.4) is 0 Å². The van der Waals surface area contributed by atoms with E-state index in [1.54, 1.807) is 0 Å². The van der Waals surface area contributed by atoms with Crippen LogP contribution in [0.2, 0.25) is 0 Å². The SMILES string of the molecule is BP(B)Br. The summed E-state index contributed by atoms with van der Waals surface area (Å²) in [6, 6.07) is 0. The second kappa shape index (κ2) is 2.29. The zero-order valence-electron chi connectivity index (χ0n) is 2.83. The third kappa shape index (κ3) is 11.7. The standard InChI is InChI=1S/B2BrH4P/c1-4(2)3/h1-2H2. The number of halogens is 1. The second-order valence-corrected chi connectivity index (χ2v) is 6.61. The van der Waals surface area contributed by atoms with Crippen LogP contribution in [0.15, 0.2) is 0 Å². The van der Waals surface area contributed by atoms with Crippen molar-refractivity contribution in [3.63, 3.8) is 0 Å². The molecule has 4 heavy (non-hydrogen) atoms. The van der Waals surface area contributed by atoms with E-state index in [0.717, 1.165) is 0 Å². The van der Waals surface area contributed by atoms with Crippen molar-refractivity contribution in [2.45, 2.75) is 0 Å². The summed E-state index contributed by atoms with van der Waals surface area (Å²) in [6.45, 7) is 0. The van der Waals surface area contributed by atoms with Crippen molar-refractivity contribution in [2.24, 2.45) is 0 Å². The van der Waals surface area contributed by atoms with Gasteiger partial charge in [-0.3, -0.25) is 0 Å². The zero-order valence-corrected chi connectivity index (χ0v) is 5.31. The van der Waals surface area contributed by atoms with Crippen molar-refractivity contribution in [3.05, 3.63) is 0 Å². The van der Waals surface area contributed by atoms with Crippen molar-refractivity contribution in [1.29, 1.82) is 0 Å². The highest BCUT2D eigenvalue weighted by Gasteiger charge is 1.71. The maximum absolute atomic E-state index is 3.34. The molecule has 0 fully saturated rings. The average molecular weight is 137 g/mol. The molecule has 22 valence electrons. The molecule has 0 aromatic rings. The Kier molecular flexibility index (Phi) is 2.88. The van der Waals surface area contributed by atoms with Gasteiger partial charge >= 0.3 is 0 Å². The molecule has 0 heterocycles. The van der Waals surface area contributed by atoms with E-state index in [4.69, 9.17) is 0 Å². The molecule has 4 heteroatoms. The van der Waals surface area contributed by atoms with Crippen LogP contribution in [0.1, 0.15) is 0 Å². The lowest BCUT2D eigenvalue weighted by molar-refractivity contribution is 4.73. The molecule has 0 rings (SSSR count). The summed E-state index contributed by atoms with van der Waals surface area (Å²) in [5, 5.41) is 0. The van der Waals surface area contributed by atoms with Gasteiger partial charge in [0.2, 0.25) is 0 Å². The second-order valence-electron chi connectivity index (χ2n) is 0.785. The molecule has 0 unspecified atom stereocenters. The molecule has 0 aliphatic heterocycles. The summed E-state index contributed by atoms with van der Waals surface area (Å²) in [5.74, 6) is 0. The largest absolute Gasteiger partial charge is 0.136 e. The van der Waals surface area contributed by atoms with Crippen LogP contribution in [-0.4, -0.2) is 15.1 Å². The van der Waals surface area contributed by atoms with Crippen LogP contribution in [0.4, 0.5) is 0 Å². The maximum Gasteiger partial charge on any atom is 0.136 e. The van der Waals surface area contributed by atoms with Crippen molar-refractivity contribution in [1.82, 2.24) is 0 Å². The minimum Gasteiger partial charge on any atom is -0.120 e. The fraction of sp³-hybridized carbons (Fsp3) is 0. The molecule has 0 bridgehead atoms. The summed E-state index contributed by atoms with van der Waals surface area (Å²) >= 11 is 3.34. The number of rotatable bonds is 0. The normalized spacial score (nSPS) is 8.50. The third-order valence-electron chi connectivity index (χ3n) is 0. The van der Waals surface area contributed by atoms with Crippen LogP contribution in [-0.2, 0) is 0 Å². The molecule has 0 amide bonds. The van der Waals surface area contributed by atoms with Gasteiger partial charge in [-0.2, -0.15) is 0 Å². The molecular weight excluding hydrogens is 133 g/mol. The summed E-state index contributed by atoms with van der Waals surface area (Å²) in [7, 11) is 4.30. The fourth-order valence-corrected chi connectivity index (χ4v) is 0. The molecule has 0 saturated heterocycles. The lowest BCUT2D eigenvalue weighted by atomic mass is 10.7. The first-order valence-electron chi connectivity index (χ1n) is 1.06. The first-order chi connectivity index (χ1) is 1.73. The molecule has 0 aromatic carbocycles. The van der Waals surface area contributed by atoms with E-state index in [2.05, 4.69) is 30.6 Å². The van der Waals surface area contributed by atoms with Gasteiger partial charge in [0, 0.05) is 0 Å². The van der Waals surface area contributed by atoms with Crippen molar-refractivity contribution in [2.75, 3.05) is 0 Å². The maximum atomic E-state index is 3.34. The minimum absolute atomic E-state index is 0.192. The van der Waals surface area contributed by atoms with Gasteiger partial charge in [-0.25, -0.2) is 0 Å². The van der Waals surface area contributed by atoms with Gasteiger partial charge in [-0.05, 0) is 0 Å². The summed E-state index contributed by atoms with van der Waals surface area (Å²) in [5.41, 5.74) is 0. The van der Waals surface area contributed by atoms with Crippen molar-refractivity contribution in [3.8, 4) is 0 Å². The molecule has 0 N–H and O–H groups in total. The van der Waals surface area contributed by atoms with Crippen LogP contribution < -0.4 is 0 Å². The topological polar surface area (TPSA) is 0 Å². The van der Waals surface area contributed by atoms with Crippen molar-refractivity contribution >= 4 is 37.0 Å². The zero-order chi connectivity index (χ0) is 3.58. The van der Waals surface area contributed by atoms with E-state index in [-0.39, 0.29) is 6.38 Å². The van der Waals surface area contributed by atoms with E-state index >= 15 is 0 Å². The number of hydrogen-bond acceptors (Lipinski definition) is 0. The predicted octanol–water partition coefficient (Wildman–Crippen LogP) is -0.126. The Morgan fingerprint density at radius 3 is 1.50 bits per heavy atom. The first-order valence-corrected chi connectivity index (χ1v) is 5.32. The van der Waals surface area contributed by atoms with Gasteiger partial charge in [0.1, 0.15) is 15.1 Å². The van der Waals surface area contributed by atoms with Crippen LogP contribution in [0.25, 0.3) is 0 Å². The van der Waals surface area contributed by atoms with Gasteiger partial charge in [0.25, 0.3) is 0 Å². The van der Waals surface area contributed by atoms with Crippen LogP contribution in [0.5, 0.6) is 0 Å². The Morgan fingerprint density at radius 2 is 1.50 bits per heavy atom. The summed E-state index contributed by atoms with van der Waals surface area (Å²) in [6.07, 6.45) is 0.192. The van der Waals surface area contributed by atoms with Gasteiger partial charge in [0.15, 0.2) is 0 Å². The Labute approximate surface area is 37.6 Å². The van der Waals surface area contributed by atoms with E-state index in [9.17, 15) is 0 Å². The Morgan fingerprint density at radius 1 is 1.50 bits per heavy atom. The molecule has 0 atom stereocenters. The van der Waals surface area contributed by atoms with Gasteiger partial charge in [-0.15, -0.1) is 6.38 Å².